The van der Waals surface area contributed by atoms with Crippen molar-refractivity contribution in [1.29, 1.82) is 0 Å². The molecule has 0 aliphatic heterocycles. The zero-order valence-electron chi connectivity index (χ0n) is 16.6. The molecule has 1 heterocycles. The molecule has 0 radical (unpaired) electrons. The van der Waals surface area contributed by atoms with Gasteiger partial charge >= 0.3 is 0 Å². The lowest BCUT2D eigenvalue weighted by Crippen LogP contribution is -2.33. The van der Waals surface area contributed by atoms with Crippen molar-refractivity contribution in [3.8, 4) is 11.5 Å². The predicted molar refractivity (Wildman–Crippen MR) is 114 cm³/mol. The molecule has 0 saturated carbocycles. The SMILES string of the molecule is COc1ccc(C(=O)N(CCCN(C)C)c2nc3c(OC)cccc3s2)cc1. The molecule has 2 aromatic carbocycles. The highest BCUT2D eigenvalue weighted by molar-refractivity contribution is 7.22. The summed E-state index contributed by atoms with van der Waals surface area (Å²) in [6, 6.07) is 13.0. The van der Waals surface area contributed by atoms with Crippen molar-refractivity contribution < 1.29 is 14.3 Å². The maximum Gasteiger partial charge on any atom is 0.260 e. The Labute approximate surface area is 169 Å². The van der Waals surface area contributed by atoms with E-state index in [1.165, 1.54) is 11.3 Å². The van der Waals surface area contributed by atoms with Crippen molar-refractivity contribution in [3.63, 3.8) is 0 Å². The van der Waals surface area contributed by atoms with Crippen LogP contribution in [0.5, 0.6) is 11.5 Å². The van der Waals surface area contributed by atoms with Gasteiger partial charge in [0.05, 0.1) is 18.9 Å². The zero-order valence-corrected chi connectivity index (χ0v) is 17.5. The van der Waals surface area contributed by atoms with Crippen LogP contribution < -0.4 is 14.4 Å². The van der Waals surface area contributed by atoms with E-state index in [4.69, 9.17) is 14.5 Å². The fourth-order valence-electron chi connectivity index (χ4n) is 2.91. The van der Waals surface area contributed by atoms with Crippen LogP contribution in [-0.2, 0) is 0 Å². The summed E-state index contributed by atoms with van der Waals surface area (Å²) in [5, 5.41) is 0.680. The van der Waals surface area contributed by atoms with Crippen LogP contribution in [0.1, 0.15) is 16.8 Å². The molecular formula is C21H25N3O3S. The fraction of sp³-hybridized carbons (Fsp3) is 0.333. The van der Waals surface area contributed by atoms with Crippen molar-refractivity contribution >= 4 is 32.6 Å². The maximum absolute atomic E-state index is 13.3. The predicted octanol–water partition coefficient (Wildman–Crippen LogP) is 3.91. The number of rotatable bonds is 8. The second-order valence-corrected chi connectivity index (χ2v) is 7.65. The molecule has 0 fully saturated rings. The van der Waals surface area contributed by atoms with Gasteiger partial charge in [0.15, 0.2) is 5.13 Å². The van der Waals surface area contributed by atoms with Crippen molar-refractivity contribution in [2.75, 3.05) is 46.3 Å². The zero-order chi connectivity index (χ0) is 20.1. The molecule has 1 aromatic heterocycles. The highest BCUT2D eigenvalue weighted by Crippen LogP contribution is 2.34. The molecule has 0 N–H and O–H groups in total. The standard InChI is InChI=1S/C21H25N3O3S/c1-23(2)13-6-14-24(20(25)15-9-11-16(26-3)12-10-15)21-22-19-17(27-4)7-5-8-18(19)28-21/h5,7-12H,6,13-14H2,1-4H3. The van der Waals surface area contributed by atoms with Gasteiger partial charge in [0.1, 0.15) is 17.0 Å². The first-order valence-corrected chi connectivity index (χ1v) is 9.89. The smallest absolute Gasteiger partial charge is 0.260 e. The number of carbonyl (C=O) groups is 1. The Morgan fingerprint density at radius 3 is 2.43 bits per heavy atom. The van der Waals surface area contributed by atoms with Crippen molar-refractivity contribution in [2.24, 2.45) is 0 Å². The molecule has 3 aromatic rings. The van der Waals surface area contributed by atoms with Gasteiger partial charge in [-0.1, -0.05) is 17.4 Å². The minimum absolute atomic E-state index is 0.0700. The molecule has 148 valence electrons. The molecule has 0 bridgehead atoms. The number of anilines is 1. The summed E-state index contributed by atoms with van der Waals surface area (Å²) in [6.07, 6.45) is 0.849. The minimum Gasteiger partial charge on any atom is -0.497 e. The summed E-state index contributed by atoms with van der Waals surface area (Å²) < 4.78 is 11.6. The molecule has 0 spiro atoms. The van der Waals surface area contributed by atoms with Gasteiger partial charge in [-0.3, -0.25) is 9.69 Å². The van der Waals surface area contributed by atoms with E-state index in [2.05, 4.69) is 4.90 Å². The van der Waals surface area contributed by atoms with Crippen molar-refractivity contribution in [2.45, 2.75) is 6.42 Å². The Balaban J connectivity index is 1.94. The average Bonchev–Trinajstić information content (AvgIpc) is 3.14. The first-order chi connectivity index (χ1) is 13.5. The molecule has 0 aliphatic carbocycles. The number of hydrogen-bond donors (Lipinski definition) is 0. The number of carbonyl (C=O) groups excluding carboxylic acids is 1. The summed E-state index contributed by atoms with van der Waals surface area (Å²) in [7, 11) is 7.29. The van der Waals surface area contributed by atoms with E-state index in [9.17, 15) is 4.79 Å². The second-order valence-electron chi connectivity index (χ2n) is 6.65. The van der Waals surface area contributed by atoms with Crippen LogP contribution in [-0.4, -0.2) is 57.2 Å². The Morgan fingerprint density at radius 2 is 1.79 bits per heavy atom. The number of nitrogens with zero attached hydrogens (tertiary/aromatic N) is 3. The maximum atomic E-state index is 13.3. The van der Waals surface area contributed by atoms with Gasteiger partial charge in [-0.05, 0) is 63.5 Å². The van der Waals surface area contributed by atoms with Gasteiger partial charge < -0.3 is 14.4 Å². The van der Waals surface area contributed by atoms with Gasteiger partial charge in [0.25, 0.3) is 5.91 Å². The number of methoxy groups -OCH3 is 2. The van der Waals surface area contributed by atoms with E-state index in [0.717, 1.165) is 28.9 Å². The summed E-state index contributed by atoms with van der Waals surface area (Å²) in [4.78, 5) is 21.8. The van der Waals surface area contributed by atoms with Gasteiger partial charge in [0.2, 0.25) is 0 Å². The van der Waals surface area contributed by atoms with E-state index in [0.29, 0.717) is 23.0 Å². The topological polar surface area (TPSA) is 54.9 Å². The normalized spacial score (nSPS) is 11.0. The summed E-state index contributed by atoms with van der Waals surface area (Å²) in [5.41, 5.74) is 1.39. The summed E-state index contributed by atoms with van der Waals surface area (Å²) in [6.45, 7) is 1.48. The van der Waals surface area contributed by atoms with Crippen LogP contribution in [0.15, 0.2) is 42.5 Å². The fourth-order valence-corrected chi connectivity index (χ4v) is 3.92. The first kappa shape index (κ1) is 20.1. The molecule has 3 rings (SSSR count). The number of thiazole rings is 1. The van der Waals surface area contributed by atoms with Gasteiger partial charge in [-0.2, -0.15) is 0 Å². The molecule has 0 atom stereocenters. The number of fused-ring (bicyclic) bond motifs is 1. The summed E-state index contributed by atoms with van der Waals surface area (Å²) in [5.74, 6) is 1.37. The molecule has 7 heteroatoms. The first-order valence-electron chi connectivity index (χ1n) is 9.07. The Kier molecular flexibility index (Phi) is 6.49. The number of amides is 1. The largest absolute Gasteiger partial charge is 0.497 e. The van der Waals surface area contributed by atoms with Crippen molar-refractivity contribution in [1.82, 2.24) is 9.88 Å². The van der Waals surface area contributed by atoms with E-state index in [1.807, 2.05) is 32.3 Å². The molecule has 6 nitrogen and oxygen atoms in total. The van der Waals surface area contributed by atoms with Gasteiger partial charge in [-0.25, -0.2) is 4.98 Å². The second kappa shape index (κ2) is 9.03. The van der Waals surface area contributed by atoms with Crippen LogP contribution in [0.2, 0.25) is 0 Å². The number of hydrogen-bond acceptors (Lipinski definition) is 6. The third kappa shape index (κ3) is 4.43. The molecule has 28 heavy (non-hydrogen) atoms. The van der Waals surface area contributed by atoms with E-state index < -0.39 is 0 Å². The number of ether oxygens (including phenoxy) is 2. The summed E-state index contributed by atoms with van der Waals surface area (Å²) >= 11 is 1.50. The monoisotopic (exact) mass is 399 g/mol. The van der Waals surface area contributed by atoms with Crippen molar-refractivity contribution in [3.05, 3.63) is 48.0 Å². The quantitative estimate of drug-likeness (QED) is 0.575. The van der Waals surface area contributed by atoms with E-state index in [-0.39, 0.29) is 5.91 Å². The van der Waals surface area contributed by atoms with Gasteiger partial charge in [0, 0.05) is 12.1 Å². The Hall–Kier alpha value is -2.64. The lowest BCUT2D eigenvalue weighted by atomic mass is 10.2. The van der Waals surface area contributed by atoms with Crippen LogP contribution >= 0.6 is 11.3 Å². The Morgan fingerprint density at radius 1 is 1.04 bits per heavy atom. The lowest BCUT2D eigenvalue weighted by molar-refractivity contribution is 0.0986. The third-order valence-corrected chi connectivity index (χ3v) is 5.43. The third-order valence-electron chi connectivity index (χ3n) is 4.39. The molecular weight excluding hydrogens is 374 g/mol. The number of para-hydroxylation sites is 1. The molecule has 0 unspecified atom stereocenters. The average molecular weight is 400 g/mol. The van der Waals surface area contributed by atoms with E-state index in [1.54, 1.807) is 43.4 Å². The van der Waals surface area contributed by atoms with Crippen LogP contribution in [0.3, 0.4) is 0 Å². The molecule has 0 saturated heterocycles. The molecule has 0 aliphatic rings. The van der Waals surface area contributed by atoms with Crippen LogP contribution in [0.4, 0.5) is 5.13 Å². The van der Waals surface area contributed by atoms with Crippen LogP contribution in [0, 0.1) is 0 Å². The number of benzene rings is 2. The van der Waals surface area contributed by atoms with Gasteiger partial charge in [-0.15, -0.1) is 0 Å². The van der Waals surface area contributed by atoms with E-state index >= 15 is 0 Å². The van der Waals surface area contributed by atoms with Crippen LogP contribution in [0.25, 0.3) is 10.2 Å². The Bertz CT molecular complexity index is 938. The molecule has 1 amide bonds. The minimum atomic E-state index is -0.0700. The highest BCUT2D eigenvalue weighted by atomic mass is 32.1. The lowest BCUT2D eigenvalue weighted by Gasteiger charge is -2.21. The number of aromatic nitrogens is 1. The highest BCUT2D eigenvalue weighted by Gasteiger charge is 2.22.